The Balaban J connectivity index is 1.76. The van der Waals surface area contributed by atoms with E-state index in [0.29, 0.717) is 5.82 Å². The number of benzene rings is 1. The summed E-state index contributed by atoms with van der Waals surface area (Å²) in [6.07, 6.45) is -4.70. The predicted octanol–water partition coefficient (Wildman–Crippen LogP) is 3.39. The van der Waals surface area contributed by atoms with E-state index in [0.717, 1.165) is 10.4 Å². The molecule has 0 saturated carbocycles. The fourth-order valence-corrected chi connectivity index (χ4v) is 2.66. The van der Waals surface area contributed by atoms with Crippen LogP contribution in [-0.4, -0.2) is 30.5 Å². The zero-order valence-electron chi connectivity index (χ0n) is 14.3. The first-order valence-corrected chi connectivity index (χ1v) is 8.13. The number of amides is 1. The first kappa shape index (κ1) is 18.9. The zero-order valence-corrected chi connectivity index (χ0v) is 15.0. The standard InChI is InChI=1S/C16H14ClF3N6O/c1-9-13(17)14(16(18,19)20)23-25(9)8-12(27)22-15-21-10(2)26(24-15)11-6-4-3-5-7-11/h3-7H,8H2,1-2H3,(H,22,24,27). The number of hydrogen-bond acceptors (Lipinski definition) is 4. The molecule has 3 aromatic rings. The maximum atomic E-state index is 12.9. The van der Waals surface area contributed by atoms with Crippen molar-refractivity contribution in [2.75, 3.05) is 5.32 Å². The molecule has 2 aromatic heterocycles. The molecular formula is C16H14ClF3N6O. The number of aryl methyl sites for hydroxylation is 1. The van der Waals surface area contributed by atoms with Gasteiger partial charge in [0.25, 0.3) is 0 Å². The molecule has 0 atom stereocenters. The Morgan fingerprint density at radius 2 is 1.85 bits per heavy atom. The molecule has 1 N–H and O–H groups in total. The highest BCUT2D eigenvalue weighted by Crippen LogP contribution is 2.35. The Morgan fingerprint density at radius 1 is 1.19 bits per heavy atom. The lowest BCUT2D eigenvalue weighted by atomic mass is 10.3. The topological polar surface area (TPSA) is 77.6 Å². The third-order valence-corrected chi connectivity index (χ3v) is 4.17. The van der Waals surface area contributed by atoms with Gasteiger partial charge in [-0.1, -0.05) is 29.8 Å². The van der Waals surface area contributed by atoms with Gasteiger partial charge in [0.2, 0.25) is 11.9 Å². The number of halogens is 4. The van der Waals surface area contributed by atoms with E-state index in [-0.39, 0.29) is 11.6 Å². The molecule has 1 amide bonds. The number of alkyl halides is 3. The van der Waals surface area contributed by atoms with Gasteiger partial charge in [-0.25, -0.2) is 4.68 Å². The smallest absolute Gasteiger partial charge is 0.292 e. The lowest BCUT2D eigenvalue weighted by Crippen LogP contribution is -2.21. The molecule has 0 fully saturated rings. The summed E-state index contributed by atoms with van der Waals surface area (Å²) in [7, 11) is 0. The average molecular weight is 399 g/mol. The van der Waals surface area contributed by atoms with Crippen LogP contribution in [0.3, 0.4) is 0 Å². The largest absolute Gasteiger partial charge is 0.436 e. The number of rotatable bonds is 4. The van der Waals surface area contributed by atoms with Crippen molar-refractivity contribution in [3.05, 3.63) is 52.6 Å². The Morgan fingerprint density at radius 3 is 2.44 bits per heavy atom. The minimum absolute atomic E-state index is 0.0355. The van der Waals surface area contributed by atoms with Crippen LogP contribution in [0.5, 0.6) is 0 Å². The molecule has 0 radical (unpaired) electrons. The van der Waals surface area contributed by atoms with E-state index in [1.807, 2.05) is 30.3 Å². The summed E-state index contributed by atoms with van der Waals surface area (Å²) in [6.45, 7) is 2.60. The van der Waals surface area contributed by atoms with Crippen LogP contribution in [0.2, 0.25) is 5.02 Å². The van der Waals surface area contributed by atoms with Crippen LogP contribution in [-0.2, 0) is 17.5 Å². The molecule has 0 spiro atoms. The van der Waals surface area contributed by atoms with Crippen molar-refractivity contribution >= 4 is 23.5 Å². The molecule has 27 heavy (non-hydrogen) atoms. The van der Waals surface area contributed by atoms with Gasteiger partial charge in [0.1, 0.15) is 12.4 Å². The van der Waals surface area contributed by atoms with E-state index < -0.39 is 29.3 Å². The summed E-state index contributed by atoms with van der Waals surface area (Å²) in [5, 5.41) is 9.49. The van der Waals surface area contributed by atoms with E-state index in [4.69, 9.17) is 11.6 Å². The van der Waals surface area contributed by atoms with E-state index in [1.165, 1.54) is 11.6 Å². The minimum atomic E-state index is -4.70. The van der Waals surface area contributed by atoms with E-state index in [9.17, 15) is 18.0 Å². The van der Waals surface area contributed by atoms with E-state index >= 15 is 0 Å². The lowest BCUT2D eigenvalue weighted by molar-refractivity contribution is -0.141. The van der Waals surface area contributed by atoms with Crippen molar-refractivity contribution in [3.8, 4) is 5.69 Å². The minimum Gasteiger partial charge on any atom is -0.292 e. The Bertz CT molecular complexity index is 980. The highest BCUT2D eigenvalue weighted by Gasteiger charge is 2.38. The third-order valence-electron chi connectivity index (χ3n) is 3.72. The molecule has 0 saturated heterocycles. The van der Waals surface area contributed by atoms with Crippen molar-refractivity contribution in [1.82, 2.24) is 24.5 Å². The molecule has 7 nitrogen and oxygen atoms in total. The maximum absolute atomic E-state index is 12.9. The number of anilines is 1. The molecule has 2 heterocycles. The van der Waals surface area contributed by atoms with Crippen molar-refractivity contribution < 1.29 is 18.0 Å². The summed E-state index contributed by atoms with van der Waals surface area (Å²) < 4.78 is 41.0. The molecule has 0 aliphatic carbocycles. The number of carbonyl (C=O) groups is 1. The van der Waals surface area contributed by atoms with Gasteiger partial charge >= 0.3 is 6.18 Å². The fourth-order valence-electron chi connectivity index (χ4n) is 2.42. The highest BCUT2D eigenvalue weighted by atomic mass is 35.5. The molecule has 0 unspecified atom stereocenters. The molecule has 3 rings (SSSR count). The zero-order chi connectivity index (χ0) is 19.8. The van der Waals surface area contributed by atoms with Crippen LogP contribution < -0.4 is 5.32 Å². The van der Waals surface area contributed by atoms with Gasteiger partial charge in [-0.15, -0.1) is 5.10 Å². The van der Waals surface area contributed by atoms with E-state index in [2.05, 4.69) is 20.5 Å². The van der Waals surface area contributed by atoms with Gasteiger partial charge in [-0.3, -0.25) is 14.8 Å². The number of nitrogens with one attached hydrogen (secondary N) is 1. The number of aromatic nitrogens is 5. The summed E-state index contributed by atoms with van der Waals surface area (Å²) in [5.74, 6) is -0.0568. The molecular weight excluding hydrogens is 385 g/mol. The highest BCUT2D eigenvalue weighted by molar-refractivity contribution is 6.32. The van der Waals surface area contributed by atoms with Crippen LogP contribution in [0.25, 0.3) is 5.69 Å². The first-order valence-electron chi connectivity index (χ1n) is 7.76. The number of para-hydroxylation sites is 1. The van der Waals surface area contributed by atoms with Crippen LogP contribution >= 0.6 is 11.6 Å². The summed E-state index contributed by atoms with van der Waals surface area (Å²) in [6, 6.07) is 9.15. The molecule has 0 aliphatic rings. The van der Waals surface area contributed by atoms with Crippen molar-refractivity contribution in [2.45, 2.75) is 26.6 Å². The van der Waals surface area contributed by atoms with Gasteiger partial charge in [0.05, 0.1) is 16.4 Å². The Labute approximate surface area is 156 Å². The van der Waals surface area contributed by atoms with Gasteiger partial charge in [-0.05, 0) is 26.0 Å². The molecule has 142 valence electrons. The molecule has 11 heteroatoms. The van der Waals surface area contributed by atoms with Gasteiger partial charge in [-0.2, -0.15) is 23.3 Å². The van der Waals surface area contributed by atoms with Gasteiger partial charge in [0.15, 0.2) is 5.69 Å². The second-order valence-corrected chi connectivity index (χ2v) is 6.06. The number of carbonyl (C=O) groups excluding carboxylic acids is 1. The monoisotopic (exact) mass is 398 g/mol. The predicted molar refractivity (Wildman–Crippen MR) is 91.7 cm³/mol. The van der Waals surface area contributed by atoms with Crippen molar-refractivity contribution in [1.29, 1.82) is 0 Å². The van der Waals surface area contributed by atoms with Gasteiger partial charge < -0.3 is 0 Å². The normalized spacial score (nSPS) is 11.6. The quantitative estimate of drug-likeness (QED) is 0.730. The van der Waals surface area contributed by atoms with Crippen LogP contribution in [0.4, 0.5) is 19.1 Å². The number of hydrogen-bond donors (Lipinski definition) is 1. The second-order valence-electron chi connectivity index (χ2n) is 5.68. The van der Waals surface area contributed by atoms with Crippen LogP contribution in [0, 0.1) is 13.8 Å². The fraction of sp³-hybridized carbons (Fsp3) is 0.250. The summed E-state index contributed by atoms with van der Waals surface area (Å²) in [4.78, 5) is 16.3. The second kappa shape index (κ2) is 7.03. The van der Waals surface area contributed by atoms with Crippen molar-refractivity contribution in [2.24, 2.45) is 0 Å². The van der Waals surface area contributed by atoms with E-state index in [1.54, 1.807) is 6.92 Å². The van der Waals surface area contributed by atoms with Crippen LogP contribution in [0.15, 0.2) is 30.3 Å². The third kappa shape index (κ3) is 3.95. The molecule has 0 bridgehead atoms. The molecule has 1 aromatic carbocycles. The molecule has 0 aliphatic heterocycles. The average Bonchev–Trinajstić information content (AvgIpc) is 3.09. The summed E-state index contributed by atoms with van der Waals surface area (Å²) >= 11 is 5.67. The summed E-state index contributed by atoms with van der Waals surface area (Å²) in [5.41, 5.74) is -0.428. The lowest BCUT2D eigenvalue weighted by Gasteiger charge is -2.04. The van der Waals surface area contributed by atoms with Gasteiger partial charge in [0, 0.05) is 0 Å². The number of nitrogens with zero attached hydrogens (tertiary/aromatic N) is 5. The van der Waals surface area contributed by atoms with Crippen molar-refractivity contribution in [3.63, 3.8) is 0 Å². The van der Waals surface area contributed by atoms with Crippen LogP contribution in [0.1, 0.15) is 17.2 Å². The SMILES string of the molecule is Cc1c(Cl)c(C(F)(F)F)nn1CC(=O)Nc1nc(C)n(-c2ccccc2)n1. The maximum Gasteiger partial charge on any atom is 0.436 e. The Kier molecular flexibility index (Phi) is 4.92. The first-order chi connectivity index (χ1) is 12.7. The Hall–Kier alpha value is -2.88.